The van der Waals surface area contributed by atoms with E-state index in [1.54, 1.807) is 32.4 Å². The number of hydrogen-bond acceptors (Lipinski definition) is 4. The standard InChI is InChI=1S/C17H17N5O2/c1-20(13-8-4-3-5-9-13)15(23)12-22-17(24)21(2)16(19-22)14-10-6-7-11-18-14/h3-11H,12H2,1-2H3. The van der Waals surface area contributed by atoms with Gasteiger partial charge in [-0.2, -0.15) is 0 Å². The Morgan fingerprint density at radius 1 is 1.12 bits per heavy atom. The van der Waals surface area contributed by atoms with Crippen LogP contribution in [0.1, 0.15) is 0 Å². The van der Waals surface area contributed by atoms with Gasteiger partial charge in [-0.3, -0.25) is 14.3 Å². The van der Waals surface area contributed by atoms with E-state index in [0.29, 0.717) is 11.5 Å². The first-order valence-electron chi connectivity index (χ1n) is 7.45. The lowest BCUT2D eigenvalue weighted by molar-refractivity contribution is -0.119. The average molecular weight is 323 g/mol. The van der Waals surface area contributed by atoms with Gasteiger partial charge < -0.3 is 4.90 Å². The Bertz CT molecular complexity index is 900. The number of pyridine rings is 1. The summed E-state index contributed by atoms with van der Waals surface area (Å²) in [5.74, 6) is 0.199. The molecule has 0 bridgehead atoms. The van der Waals surface area contributed by atoms with E-state index in [1.165, 1.54) is 9.47 Å². The summed E-state index contributed by atoms with van der Waals surface area (Å²) in [4.78, 5) is 30.4. The van der Waals surface area contributed by atoms with E-state index in [1.807, 2.05) is 36.4 Å². The molecule has 0 aliphatic heterocycles. The first kappa shape index (κ1) is 15.7. The highest BCUT2D eigenvalue weighted by Gasteiger charge is 2.17. The predicted octanol–water partition coefficient (Wildman–Crippen LogP) is 1.31. The SMILES string of the molecule is CN(C(=O)Cn1nc(-c2ccccn2)n(C)c1=O)c1ccccc1. The van der Waals surface area contributed by atoms with Crippen molar-refractivity contribution in [1.82, 2.24) is 19.3 Å². The molecule has 0 radical (unpaired) electrons. The van der Waals surface area contributed by atoms with Gasteiger partial charge in [0.1, 0.15) is 12.2 Å². The number of anilines is 1. The van der Waals surface area contributed by atoms with Gasteiger partial charge in [0.05, 0.1) is 0 Å². The molecular formula is C17H17N5O2. The number of carbonyl (C=O) groups excluding carboxylic acids is 1. The quantitative estimate of drug-likeness (QED) is 0.725. The third-order valence-corrected chi connectivity index (χ3v) is 3.74. The normalized spacial score (nSPS) is 10.6. The average Bonchev–Trinajstić information content (AvgIpc) is 2.91. The van der Waals surface area contributed by atoms with Crippen molar-refractivity contribution in [2.45, 2.75) is 6.54 Å². The lowest BCUT2D eigenvalue weighted by atomic mass is 10.3. The van der Waals surface area contributed by atoms with Crippen LogP contribution < -0.4 is 10.6 Å². The Morgan fingerprint density at radius 3 is 2.50 bits per heavy atom. The molecule has 0 unspecified atom stereocenters. The molecule has 0 aliphatic carbocycles. The van der Waals surface area contributed by atoms with Crippen LogP contribution in [0.5, 0.6) is 0 Å². The number of para-hydroxylation sites is 1. The number of likely N-dealkylation sites (N-methyl/N-ethyl adjacent to an activating group) is 1. The highest BCUT2D eigenvalue weighted by molar-refractivity contribution is 5.92. The lowest BCUT2D eigenvalue weighted by Crippen LogP contribution is -2.34. The fourth-order valence-electron chi connectivity index (χ4n) is 2.34. The molecule has 7 nitrogen and oxygen atoms in total. The van der Waals surface area contributed by atoms with Crippen LogP contribution in [0.15, 0.2) is 59.5 Å². The summed E-state index contributed by atoms with van der Waals surface area (Å²) in [6, 6.07) is 14.6. The minimum atomic E-state index is -0.356. The summed E-state index contributed by atoms with van der Waals surface area (Å²) in [5.41, 5.74) is 0.988. The molecule has 24 heavy (non-hydrogen) atoms. The van der Waals surface area contributed by atoms with E-state index in [4.69, 9.17) is 0 Å². The number of carbonyl (C=O) groups is 1. The Hall–Kier alpha value is -3.22. The maximum Gasteiger partial charge on any atom is 0.346 e. The Kier molecular flexibility index (Phi) is 4.24. The molecule has 1 aromatic carbocycles. The van der Waals surface area contributed by atoms with Gasteiger partial charge in [0, 0.05) is 26.0 Å². The largest absolute Gasteiger partial charge is 0.346 e. The number of hydrogen-bond donors (Lipinski definition) is 0. The van der Waals surface area contributed by atoms with E-state index in [2.05, 4.69) is 10.1 Å². The van der Waals surface area contributed by atoms with Crippen molar-refractivity contribution >= 4 is 11.6 Å². The van der Waals surface area contributed by atoms with Crippen LogP contribution in [0.2, 0.25) is 0 Å². The molecule has 1 amide bonds. The Balaban J connectivity index is 1.86. The molecule has 0 atom stereocenters. The second-order valence-electron chi connectivity index (χ2n) is 5.33. The third-order valence-electron chi connectivity index (χ3n) is 3.74. The van der Waals surface area contributed by atoms with E-state index in [0.717, 1.165) is 10.4 Å². The van der Waals surface area contributed by atoms with Crippen molar-refractivity contribution < 1.29 is 4.79 Å². The zero-order valence-electron chi connectivity index (χ0n) is 13.5. The molecule has 0 saturated carbocycles. The van der Waals surface area contributed by atoms with Crippen molar-refractivity contribution in [3.05, 3.63) is 65.2 Å². The summed E-state index contributed by atoms with van der Waals surface area (Å²) in [6.07, 6.45) is 1.63. The molecular weight excluding hydrogens is 306 g/mol. The van der Waals surface area contributed by atoms with Crippen LogP contribution >= 0.6 is 0 Å². The third kappa shape index (κ3) is 2.96. The Labute approximate surface area is 138 Å². The molecule has 0 aliphatic rings. The van der Waals surface area contributed by atoms with Crippen LogP contribution in [0.4, 0.5) is 5.69 Å². The van der Waals surface area contributed by atoms with Gasteiger partial charge in [-0.25, -0.2) is 9.48 Å². The smallest absolute Gasteiger partial charge is 0.314 e. The van der Waals surface area contributed by atoms with Gasteiger partial charge in [-0.05, 0) is 24.3 Å². The van der Waals surface area contributed by atoms with Crippen LogP contribution in [-0.2, 0) is 18.4 Å². The molecule has 2 heterocycles. The van der Waals surface area contributed by atoms with Crippen molar-refractivity contribution in [2.24, 2.45) is 7.05 Å². The molecule has 122 valence electrons. The van der Waals surface area contributed by atoms with Gasteiger partial charge in [0.25, 0.3) is 0 Å². The minimum Gasteiger partial charge on any atom is -0.314 e. The monoisotopic (exact) mass is 323 g/mol. The van der Waals surface area contributed by atoms with E-state index in [9.17, 15) is 9.59 Å². The van der Waals surface area contributed by atoms with Gasteiger partial charge in [-0.15, -0.1) is 5.10 Å². The molecule has 0 N–H and O–H groups in total. The summed E-state index contributed by atoms with van der Waals surface area (Å²) in [5, 5.41) is 4.25. The van der Waals surface area contributed by atoms with Gasteiger partial charge in [-0.1, -0.05) is 24.3 Å². The summed E-state index contributed by atoms with van der Waals surface area (Å²) < 4.78 is 2.55. The molecule has 7 heteroatoms. The first-order chi connectivity index (χ1) is 11.6. The first-order valence-corrected chi connectivity index (χ1v) is 7.45. The minimum absolute atomic E-state index is 0.134. The maximum absolute atomic E-state index is 12.4. The molecule has 2 aromatic heterocycles. The molecule has 0 fully saturated rings. The summed E-state index contributed by atoms with van der Waals surface area (Å²) in [7, 11) is 3.28. The van der Waals surface area contributed by atoms with Crippen LogP contribution in [-0.4, -0.2) is 32.3 Å². The van der Waals surface area contributed by atoms with Crippen LogP contribution in [0.25, 0.3) is 11.5 Å². The number of benzene rings is 1. The van der Waals surface area contributed by atoms with Crippen molar-refractivity contribution in [1.29, 1.82) is 0 Å². The number of rotatable bonds is 4. The van der Waals surface area contributed by atoms with Gasteiger partial charge >= 0.3 is 5.69 Å². The van der Waals surface area contributed by atoms with Crippen molar-refractivity contribution in [3.8, 4) is 11.5 Å². The van der Waals surface area contributed by atoms with Gasteiger partial charge in [0.15, 0.2) is 5.82 Å². The second kappa shape index (κ2) is 6.49. The zero-order chi connectivity index (χ0) is 17.1. The molecule has 3 aromatic rings. The highest BCUT2D eigenvalue weighted by Crippen LogP contribution is 2.13. The maximum atomic E-state index is 12.4. The number of amides is 1. The molecule has 0 spiro atoms. The fraction of sp³-hybridized carbons (Fsp3) is 0.176. The summed E-state index contributed by atoms with van der Waals surface area (Å²) in [6.45, 7) is -0.134. The van der Waals surface area contributed by atoms with E-state index < -0.39 is 0 Å². The number of aromatic nitrogens is 4. The zero-order valence-corrected chi connectivity index (χ0v) is 13.5. The second-order valence-corrected chi connectivity index (χ2v) is 5.33. The van der Waals surface area contributed by atoms with Crippen molar-refractivity contribution in [2.75, 3.05) is 11.9 Å². The predicted molar refractivity (Wildman–Crippen MR) is 90.6 cm³/mol. The molecule has 3 rings (SSSR count). The number of nitrogens with zero attached hydrogens (tertiary/aromatic N) is 5. The fourth-order valence-corrected chi connectivity index (χ4v) is 2.34. The lowest BCUT2D eigenvalue weighted by Gasteiger charge is -2.16. The summed E-state index contributed by atoms with van der Waals surface area (Å²) >= 11 is 0. The topological polar surface area (TPSA) is 73.0 Å². The highest BCUT2D eigenvalue weighted by atomic mass is 16.2. The van der Waals surface area contributed by atoms with E-state index >= 15 is 0 Å². The van der Waals surface area contributed by atoms with Gasteiger partial charge in [0.2, 0.25) is 5.91 Å². The van der Waals surface area contributed by atoms with Crippen LogP contribution in [0, 0.1) is 0 Å². The Morgan fingerprint density at radius 2 is 1.83 bits per heavy atom. The van der Waals surface area contributed by atoms with E-state index in [-0.39, 0.29) is 18.1 Å². The van der Waals surface area contributed by atoms with Crippen molar-refractivity contribution in [3.63, 3.8) is 0 Å². The van der Waals surface area contributed by atoms with Crippen LogP contribution in [0.3, 0.4) is 0 Å². The molecule has 0 saturated heterocycles.